The van der Waals surface area contributed by atoms with E-state index < -0.39 is 17.3 Å². The van der Waals surface area contributed by atoms with Gasteiger partial charge in [-0.25, -0.2) is 8.78 Å². The smallest absolute Gasteiger partial charge is 0.237 e. The number of carbonyl (C=O) groups excluding carboxylic acids is 1. The van der Waals surface area contributed by atoms with Crippen LogP contribution in [0, 0.1) is 11.6 Å². The third-order valence-corrected chi connectivity index (χ3v) is 4.87. The molecule has 140 valence electrons. The predicted octanol–water partition coefficient (Wildman–Crippen LogP) is 4.36. The molecule has 1 aliphatic rings. The first-order valence-corrected chi connectivity index (χ1v) is 8.40. The van der Waals surface area contributed by atoms with Gasteiger partial charge in [-0.05, 0) is 63.2 Å². The Balaban J connectivity index is 0.00000243. The number of nitrogens with one attached hydrogen (secondary N) is 1. The Bertz CT molecular complexity index is 810. The molecule has 0 aliphatic carbocycles. The molecular weight excluding hydrogens is 358 g/mol. The molecule has 0 fully saturated rings. The summed E-state index contributed by atoms with van der Waals surface area (Å²) in [5.41, 5.74) is 0.824. The topological polar surface area (TPSA) is 32.3 Å². The molecule has 0 saturated heterocycles. The quantitative estimate of drug-likeness (QED) is 0.835. The van der Waals surface area contributed by atoms with E-state index in [4.69, 9.17) is 0 Å². The van der Waals surface area contributed by atoms with Crippen molar-refractivity contribution < 1.29 is 13.6 Å². The van der Waals surface area contributed by atoms with Crippen molar-refractivity contribution in [2.24, 2.45) is 0 Å². The maximum Gasteiger partial charge on any atom is 0.237 e. The molecule has 1 amide bonds. The number of hydrogen-bond donors (Lipinski definition) is 1. The number of para-hydroxylation sites is 1. The van der Waals surface area contributed by atoms with Crippen molar-refractivity contribution in [3.63, 3.8) is 0 Å². The van der Waals surface area contributed by atoms with Crippen LogP contribution < -0.4 is 10.2 Å². The molecule has 1 N–H and O–H groups in total. The van der Waals surface area contributed by atoms with E-state index in [1.54, 1.807) is 38.1 Å². The Kier molecular flexibility index (Phi) is 6.04. The molecule has 0 radical (unpaired) electrons. The zero-order chi connectivity index (χ0) is 18.2. The minimum absolute atomic E-state index is 0. The fourth-order valence-electron chi connectivity index (χ4n) is 3.52. The molecule has 2 aromatic carbocycles. The summed E-state index contributed by atoms with van der Waals surface area (Å²) in [6.07, 6.45) is 0.551. The minimum atomic E-state index is -0.817. The van der Waals surface area contributed by atoms with Gasteiger partial charge in [0, 0.05) is 0 Å². The first-order chi connectivity index (χ1) is 11.9. The molecule has 3 rings (SSSR count). The molecule has 3 nitrogen and oxygen atoms in total. The van der Waals surface area contributed by atoms with Crippen LogP contribution in [0.3, 0.4) is 0 Å². The second kappa shape index (κ2) is 7.72. The Labute approximate surface area is 158 Å². The number of amides is 1. The number of benzene rings is 2. The fourth-order valence-corrected chi connectivity index (χ4v) is 3.52. The molecule has 6 heteroatoms. The van der Waals surface area contributed by atoms with Crippen LogP contribution in [0.5, 0.6) is 0 Å². The number of fused-ring (bicyclic) bond motifs is 1. The second-order valence-electron chi connectivity index (χ2n) is 6.90. The van der Waals surface area contributed by atoms with Crippen LogP contribution in [0.4, 0.5) is 14.5 Å². The predicted molar refractivity (Wildman–Crippen MR) is 102 cm³/mol. The summed E-state index contributed by atoms with van der Waals surface area (Å²) in [6, 6.07) is 10.5. The van der Waals surface area contributed by atoms with Crippen molar-refractivity contribution in [2.75, 3.05) is 18.5 Å². The van der Waals surface area contributed by atoms with E-state index in [0.717, 1.165) is 0 Å². The summed E-state index contributed by atoms with van der Waals surface area (Å²) in [6.45, 7) is 4.22. The fraction of sp³-hybridized carbons (Fsp3) is 0.350. The van der Waals surface area contributed by atoms with Crippen molar-refractivity contribution >= 4 is 24.0 Å². The average molecular weight is 381 g/mol. The van der Waals surface area contributed by atoms with E-state index in [0.29, 0.717) is 29.8 Å². The van der Waals surface area contributed by atoms with E-state index in [9.17, 15) is 13.6 Å². The first kappa shape index (κ1) is 20.3. The molecule has 1 aliphatic heterocycles. The van der Waals surface area contributed by atoms with Gasteiger partial charge in [-0.2, -0.15) is 0 Å². The molecule has 0 saturated carbocycles. The van der Waals surface area contributed by atoms with Crippen molar-refractivity contribution in [1.82, 2.24) is 5.32 Å². The average Bonchev–Trinajstić information content (AvgIpc) is 2.78. The first-order valence-electron chi connectivity index (χ1n) is 8.40. The van der Waals surface area contributed by atoms with Crippen LogP contribution in [-0.2, 0) is 10.2 Å². The summed E-state index contributed by atoms with van der Waals surface area (Å²) in [5.74, 6) is -0.966. The highest BCUT2D eigenvalue weighted by Crippen LogP contribution is 2.47. The lowest BCUT2D eigenvalue weighted by Crippen LogP contribution is -2.39. The molecule has 0 aromatic heterocycles. The number of anilines is 1. The van der Waals surface area contributed by atoms with E-state index in [2.05, 4.69) is 5.32 Å². The summed E-state index contributed by atoms with van der Waals surface area (Å²) >= 11 is 0. The largest absolute Gasteiger partial charge is 0.320 e. The number of nitrogens with zero attached hydrogens (tertiary/aromatic N) is 1. The lowest BCUT2D eigenvalue weighted by atomic mass is 9.86. The van der Waals surface area contributed by atoms with Gasteiger partial charge in [0.05, 0.1) is 17.1 Å². The minimum Gasteiger partial charge on any atom is -0.320 e. The standard InChI is InChI=1S/C20H22F2N2O.ClH/c1-20(2)15-8-5-9-16(22)18(15)24(19(20)25)17(10-11-23-3)13-6-4-7-14(21)12-13;/h4-9,12,17,23H,10-11H2,1-3H3;1H/t17-;/m1./s1. The highest BCUT2D eigenvalue weighted by molar-refractivity contribution is 6.08. The van der Waals surface area contributed by atoms with Gasteiger partial charge >= 0.3 is 0 Å². The Morgan fingerprint density at radius 3 is 2.50 bits per heavy atom. The van der Waals surface area contributed by atoms with Gasteiger partial charge in [0.15, 0.2) is 0 Å². The number of hydrogen-bond acceptors (Lipinski definition) is 2. The van der Waals surface area contributed by atoms with Crippen LogP contribution in [0.2, 0.25) is 0 Å². The lowest BCUT2D eigenvalue weighted by Gasteiger charge is -2.30. The molecule has 0 bridgehead atoms. The van der Waals surface area contributed by atoms with Gasteiger partial charge in [0.25, 0.3) is 0 Å². The van der Waals surface area contributed by atoms with Gasteiger partial charge in [-0.15, -0.1) is 12.4 Å². The molecular formula is C20H23ClF2N2O. The van der Waals surface area contributed by atoms with Crippen LogP contribution >= 0.6 is 12.4 Å². The molecule has 0 unspecified atom stereocenters. The lowest BCUT2D eigenvalue weighted by molar-refractivity contribution is -0.122. The maximum atomic E-state index is 14.7. The maximum absolute atomic E-state index is 14.7. The van der Waals surface area contributed by atoms with E-state index >= 15 is 0 Å². The number of carbonyl (C=O) groups is 1. The van der Waals surface area contributed by atoms with E-state index in [1.807, 2.05) is 7.05 Å². The van der Waals surface area contributed by atoms with Crippen molar-refractivity contribution in [3.05, 3.63) is 65.2 Å². The van der Waals surface area contributed by atoms with Crippen LogP contribution in [0.1, 0.15) is 37.4 Å². The number of halogens is 3. The van der Waals surface area contributed by atoms with Gasteiger partial charge in [0.2, 0.25) is 5.91 Å². The summed E-state index contributed by atoms with van der Waals surface area (Å²) in [4.78, 5) is 14.7. The van der Waals surface area contributed by atoms with Crippen LogP contribution in [0.15, 0.2) is 42.5 Å². The Morgan fingerprint density at radius 2 is 1.85 bits per heavy atom. The van der Waals surface area contributed by atoms with E-state index in [1.165, 1.54) is 23.1 Å². The molecule has 1 atom stereocenters. The van der Waals surface area contributed by atoms with E-state index in [-0.39, 0.29) is 24.1 Å². The van der Waals surface area contributed by atoms with Gasteiger partial charge < -0.3 is 10.2 Å². The second-order valence-corrected chi connectivity index (χ2v) is 6.90. The monoisotopic (exact) mass is 380 g/mol. The molecule has 1 heterocycles. The summed E-state index contributed by atoms with van der Waals surface area (Å²) in [5, 5.41) is 3.05. The zero-order valence-corrected chi connectivity index (χ0v) is 15.9. The highest BCUT2D eigenvalue weighted by Gasteiger charge is 2.47. The van der Waals surface area contributed by atoms with Crippen molar-refractivity contribution in [1.29, 1.82) is 0 Å². The molecule has 2 aromatic rings. The van der Waals surface area contributed by atoms with Gasteiger partial charge in [0.1, 0.15) is 11.6 Å². The van der Waals surface area contributed by atoms with Gasteiger partial charge in [-0.1, -0.05) is 24.3 Å². The SMILES string of the molecule is CNCC[C@H](c1cccc(F)c1)N1C(=O)C(C)(C)c2cccc(F)c21.Cl. The zero-order valence-electron chi connectivity index (χ0n) is 15.1. The van der Waals surface area contributed by atoms with Crippen LogP contribution in [0.25, 0.3) is 0 Å². The summed E-state index contributed by atoms with van der Waals surface area (Å²) in [7, 11) is 1.81. The third kappa shape index (κ3) is 3.33. The third-order valence-electron chi connectivity index (χ3n) is 4.87. The number of rotatable bonds is 5. The van der Waals surface area contributed by atoms with Crippen molar-refractivity contribution in [3.8, 4) is 0 Å². The molecule has 26 heavy (non-hydrogen) atoms. The van der Waals surface area contributed by atoms with Gasteiger partial charge in [-0.3, -0.25) is 4.79 Å². The van der Waals surface area contributed by atoms with Crippen molar-refractivity contribution in [2.45, 2.75) is 31.7 Å². The normalized spacial score (nSPS) is 16.2. The van der Waals surface area contributed by atoms with Crippen LogP contribution in [-0.4, -0.2) is 19.5 Å². The molecule has 0 spiro atoms. The summed E-state index contributed by atoms with van der Waals surface area (Å²) < 4.78 is 28.4. The Morgan fingerprint density at radius 1 is 1.15 bits per heavy atom. The highest BCUT2D eigenvalue weighted by atomic mass is 35.5. The Hall–Kier alpha value is -1.98.